The van der Waals surface area contributed by atoms with Crippen LogP contribution in [0.1, 0.15) is 25.3 Å². The van der Waals surface area contributed by atoms with E-state index < -0.39 is 5.60 Å². The van der Waals surface area contributed by atoms with Gasteiger partial charge in [0.05, 0.1) is 23.5 Å². The van der Waals surface area contributed by atoms with Crippen LogP contribution in [0, 0.1) is 0 Å². The lowest BCUT2D eigenvalue weighted by Gasteiger charge is -2.38. The highest BCUT2D eigenvalue weighted by atomic mass is 35.5. The molecule has 2 amide bonds. The van der Waals surface area contributed by atoms with E-state index in [1.807, 2.05) is 17.0 Å². The first kappa shape index (κ1) is 20.3. The molecule has 0 spiro atoms. The van der Waals surface area contributed by atoms with E-state index in [-0.39, 0.29) is 18.4 Å². The number of halogens is 1. The fourth-order valence-electron chi connectivity index (χ4n) is 3.41. The molecule has 0 aromatic heterocycles. The number of rotatable bonds is 5. The summed E-state index contributed by atoms with van der Waals surface area (Å²) in [7, 11) is 0. The van der Waals surface area contributed by atoms with Gasteiger partial charge in [-0.15, -0.1) is 0 Å². The van der Waals surface area contributed by atoms with E-state index in [9.17, 15) is 14.7 Å². The first-order valence-corrected chi connectivity index (χ1v) is 9.61. The average Bonchev–Trinajstić information content (AvgIpc) is 2.65. The van der Waals surface area contributed by atoms with Crippen molar-refractivity contribution < 1.29 is 14.7 Å². The fourth-order valence-corrected chi connectivity index (χ4v) is 3.54. The molecule has 1 aliphatic heterocycles. The van der Waals surface area contributed by atoms with Crippen LogP contribution >= 0.6 is 11.6 Å². The second-order valence-electron chi connectivity index (χ2n) is 7.09. The summed E-state index contributed by atoms with van der Waals surface area (Å²) in [5, 5.41) is 17.1. The molecule has 0 atom stereocenters. The quantitative estimate of drug-likeness (QED) is 0.718. The van der Waals surface area contributed by atoms with Crippen molar-refractivity contribution in [3.05, 3.63) is 59.1 Å². The minimum atomic E-state index is -0.893. The Morgan fingerprint density at radius 3 is 2.18 bits per heavy atom. The molecule has 3 rings (SSSR count). The number of carbonyl (C=O) groups is 2. The second kappa shape index (κ2) is 8.73. The predicted octanol–water partition coefficient (Wildman–Crippen LogP) is 3.22. The van der Waals surface area contributed by atoms with E-state index >= 15 is 0 Å². The van der Waals surface area contributed by atoms with Crippen molar-refractivity contribution in [2.24, 2.45) is 0 Å². The van der Waals surface area contributed by atoms with Gasteiger partial charge in [0.25, 0.3) is 0 Å². The minimum Gasteiger partial charge on any atom is -0.385 e. The number of amides is 2. The number of benzene rings is 2. The predicted molar refractivity (Wildman–Crippen MR) is 110 cm³/mol. The van der Waals surface area contributed by atoms with E-state index in [2.05, 4.69) is 10.6 Å². The van der Waals surface area contributed by atoms with E-state index in [1.165, 1.54) is 6.92 Å². The summed E-state index contributed by atoms with van der Waals surface area (Å²) in [6, 6.07) is 14.3. The van der Waals surface area contributed by atoms with Gasteiger partial charge in [0.15, 0.2) is 0 Å². The van der Waals surface area contributed by atoms with Gasteiger partial charge in [-0.1, -0.05) is 35.9 Å². The molecule has 0 bridgehead atoms. The first-order valence-electron chi connectivity index (χ1n) is 9.23. The number of nitrogens with zero attached hydrogens (tertiary/aromatic N) is 1. The highest BCUT2D eigenvalue weighted by Crippen LogP contribution is 2.33. The monoisotopic (exact) mass is 401 g/mol. The van der Waals surface area contributed by atoms with Crippen molar-refractivity contribution >= 4 is 34.8 Å². The lowest BCUT2D eigenvalue weighted by Crippen LogP contribution is -2.45. The Bertz CT molecular complexity index is 846. The Hall–Kier alpha value is -2.41. The summed E-state index contributed by atoms with van der Waals surface area (Å²) >= 11 is 5.92. The van der Waals surface area contributed by atoms with Gasteiger partial charge in [-0.25, -0.2) is 0 Å². The molecule has 1 saturated heterocycles. The van der Waals surface area contributed by atoms with Gasteiger partial charge < -0.3 is 15.7 Å². The molecule has 6 nitrogen and oxygen atoms in total. The number of piperidine rings is 1. The van der Waals surface area contributed by atoms with Crippen LogP contribution in [0.15, 0.2) is 48.5 Å². The van der Waals surface area contributed by atoms with Crippen molar-refractivity contribution in [3.63, 3.8) is 0 Å². The molecule has 0 radical (unpaired) electrons. The second-order valence-corrected chi connectivity index (χ2v) is 7.53. The van der Waals surface area contributed by atoms with E-state index in [4.69, 9.17) is 11.6 Å². The molecule has 1 heterocycles. The summed E-state index contributed by atoms with van der Waals surface area (Å²) in [5.74, 6) is -0.353. The number of hydrogen-bond acceptors (Lipinski definition) is 4. The fraction of sp³-hybridized carbons (Fsp3) is 0.333. The summed E-state index contributed by atoms with van der Waals surface area (Å²) in [6.07, 6.45) is 1.09. The standard InChI is InChI=1S/C21H24ClN3O3/c1-15(26)23-18-4-2-3-5-19(18)24-20(27)14-25-12-10-21(28,11-13-25)16-6-8-17(22)9-7-16/h2-9,28H,10-14H2,1H3,(H,23,26)(H,24,27). The van der Waals surface area contributed by atoms with Crippen molar-refractivity contribution in [2.45, 2.75) is 25.4 Å². The third kappa shape index (κ3) is 5.10. The molecule has 1 aliphatic rings. The normalized spacial score (nSPS) is 16.4. The summed E-state index contributed by atoms with van der Waals surface area (Å²) < 4.78 is 0. The molecule has 0 aliphatic carbocycles. The zero-order chi connectivity index (χ0) is 20.1. The largest absolute Gasteiger partial charge is 0.385 e. The summed E-state index contributed by atoms with van der Waals surface area (Å²) in [6.45, 7) is 2.87. The van der Waals surface area contributed by atoms with Crippen LogP contribution in [-0.2, 0) is 15.2 Å². The smallest absolute Gasteiger partial charge is 0.238 e. The highest BCUT2D eigenvalue weighted by Gasteiger charge is 2.34. The van der Waals surface area contributed by atoms with Crippen LogP contribution in [0.25, 0.3) is 0 Å². The van der Waals surface area contributed by atoms with Crippen LogP contribution in [0.2, 0.25) is 5.02 Å². The lowest BCUT2D eigenvalue weighted by molar-refractivity contribution is -0.118. The molecule has 148 valence electrons. The maximum atomic E-state index is 12.4. The van der Waals surface area contributed by atoms with Crippen molar-refractivity contribution in [1.82, 2.24) is 4.90 Å². The van der Waals surface area contributed by atoms with Crippen LogP contribution in [0.4, 0.5) is 11.4 Å². The molecule has 1 fully saturated rings. The number of hydrogen-bond donors (Lipinski definition) is 3. The molecule has 7 heteroatoms. The van der Waals surface area contributed by atoms with E-state index in [1.54, 1.807) is 36.4 Å². The molecule has 2 aromatic rings. The van der Waals surface area contributed by atoms with Crippen LogP contribution in [0.3, 0.4) is 0 Å². The van der Waals surface area contributed by atoms with Gasteiger partial charge >= 0.3 is 0 Å². The molecule has 3 N–H and O–H groups in total. The lowest BCUT2D eigenvalue weighted by atomic mass is 9.84. The molecule has 2 aromatic carbocycles. The number of anilines is 2. The molecule has 28 heavy (non-hydrogen) atoms. The van der Waals surface area contributed by atoms with Crippen LogP contribution in [0.5, 0.6) is 0 Å². The number of para-hydroxylation sites is 2. The number of aliphatic hydroxyl groups is 1. The summed E-state index contributed by atoms with van der Waals surface area (Å²) in [4.78, 5) is 25.8. The Balaban J connectivity index is 1.56. The van der Waals surface area contributed by atoms with Gasteiger partial charge in [-0.05, 0) is 42.7 Å². The highest BCUT2D eigenvalue weighted by molar-refractivity contribution is 6.30. The summed E-state index contributed by atoms with van der Waals surface area (Å²) in [5.41, 5.74) is 1.09. The van der Waals surface area contributed by atoms with E-state index in [0.29, 0.717) is 42.3 Å². The Kier molecular flexibility index (Phi) is 6.34. The van der Waals surface area contributed by atoms with E-state index in [0.717, 1.165) is 5.56 Å². The number of nitrogens with one attached hydrogen (secondary N) is 2. The first-order chi connectivity index (χ1) is 13.4. The minimum absolute atomic E-state index is 0.158. The van der Waals surface area contributed by atoms with Crippen molar-refractivity contribution in [1.29, 1.82) is 0 Å². The van der Waals surface area contributed by atoms with Gasteiger partial charge in [0.1, 0.15) is 0 Å². The Morgan fingerprint density at radius 1 is 1.04 bits per heavy atom. The van der Waals surface area contributed by atoms with Crippen molar-refractivity contribution in [3.8, 4) is 0 Å². The van der Waals surface area contributed by atoms with Gasteiger partial charge in [-0.2, -0.15) is 0 Å². The topological polar surface area (TPSA) is 81.7 Å². The van der Waals surface area contributed by atoms with Gasteiger partial charge in [0.2, 0.25) is 11.8 Å². The number of carbonyl (C=O) groups excluding carboxylic acids is 2. The molecular formula is C21H24ClN3O3. The van der Waals surface area contributed by atoms with Gasteiger partial charge in [-0.3, -0.25) is 14.5 Å². The maximum absolute atomic E-state index is 12.4. The van der Waals surface area contributed by atoms with Crippen LogP contribution in [-0.4, -0.2) is 41.5 Å². The molecule has 0 unspecified atom stereocenters. The number of likely N-dealkylation sites (tertiary alicyclic amines) is 1. The molecule has 0 saturated carbocycles. The zero-order valence-corrected chi connectivity index (χ0v) is 16.5. The SMILES string of the molecule is CC(=O)Nc1ccccc1NC(=O)CN1CCC(O)(c2ccc(Cl)cc2)CC1. The average molecular weight is 402 g/mol. The third-order valence-electron chi connectivity index (χ3n) is 4.94. The maximum Gasteiger partial charge on any atom is 0.238 e. The third-order valence-corrected chi connectivity index (χ3v) is 5.20. The zero-order valence-electron chi connectivity index (χ0n) is 15.7. The van der Waals surface area contributed by atoms with Crippen molar-refractivity contribution in [2.75, 3.05) is 30.3 Å². The Morgan fingerprint density at radius 2 is 1.61 bits per heavy atom. The molecular weight excluding hydrogens is 378 g/mol. The van der Waals surface area contributed by atoms with Gasteiger partial charge in [0, 0.05) is 25.0 Å². The van der Waals surface area contributed by atoms with Crippen LogP contribution < -0.4 is 10.6 Å². The Labute approximate surface area is 169 Å².